The Morgan fingerprint density at radius 2 is 1.14 bits per heavy atom. The standard InChI is InChI=1S/C17H31N3O3.C13H24N2O2.C8H13O2.C3H5O.4Y/c1-4-6-12-18-17(23)20-14(3)10-8-7-9-11-16(22)15(5-2)19-13-21;1-3-4-10-14-13(17)15-12(2)9-7-5-6-8-11-16;1-3-7(5-6-9)8(10)4-2;1-2-3-4;;;;/h12,14-15H,4-11H2,1-3H3,(H,19,21)(H2,18,20,23);10,12H,3-9H2,1-2H3,(H2,14,15,17);6-7H,2-5H2,1H3;3H,1-2H2;;;;/q2*-2;2*-1;;;;. The second kappa shape index (κ2) is 62.1. The van der Waals surface area contributed by atoms with Crippen LogP contribution in [0.2, 0.25) is 0 Å². The molecule has 0 heterocycles. The minimum absolute atomic E-state index is 0. The molecular formula is C41H73N5O8Y4-6. The van der Waals surface area contributed by atoms with Crippen LogP contribution in [0.4, 0.5) is 9.59 Å². The van der Waals surface area contributed by atoms with Crippen LogP contribution in [-0.2, 0) is 160 Å². The largest absolute Gasteiger partial charge is 0.542 e. The number of carbonyl (C=O) groups is 6. The van der Waals surface area contributed by atoms with Gasteiger partial charge in [0.05, 0.1) is 12.3 Å². The number of amides is 5. The second-order valence-corrected chi connectivity index (χ2v) is 12.7. The van der Waals surface area contributed by atoms with E-state index in [4.69, 9.17) is 4.79 Å². The van der Waals surface area contributed by atoms with Crippen molar-refractivity contribution in [1.82, 2.24) is 26.6 Å². The Labute approximate surface area is 453 Å². The average molecular weight is 1120 g/mol. The summed E-state index contributed by atoms with van der Waals surface area (Å²) in [7, 11) is 0. The van der Waals surface area contributed by atoms with Crippen molar-refractivity contribution in [2.45, 2.75) is 182 Å². The average Bonchev–Trinajstić information content (AvgIpc) is 3.16. The first-order valence-corrected chi connectivity index (χ1v) is 19.7. The van der Waals surface area contributed by atoms with Crippen LogP contribution in [0.15, 0.2) is 0 Å². The topological polar surface area (TPSA) is 197 Å². The molecule has 5 N–H and O–H groups in total. The van der Waals surface area contributed by atoms with E-state index in [1.54, 1.807) is 19.5 Å². The van der Waals surface area contributed by atoms with E-state index >= 15 is 0 Å². The molecule has 4 atom stereocenters. The zero-order chi connectivity index (χ0) is 41.8. The summed E-state index contributed by atoms with van der Waals surface area (Å²) in [6.07, 6.45) is 19.7. The first-order valence-electron chi connectivity index (χ1n) is 19.7. The second-order valence-electron chi connectivity index (χ2n) is 12.7. The van der Waals surface area contributed by atoms with Gasteiger partial charge in [-0.15, -0.1) is 12.8 Å². The quantitative estimate of drug-likeness (QED) is 0.0218. The van der Waals surface area contributed by atoms with Gasteiger partial charge in [0.25, 0.3) is 12.1 Å². The minimum atomic E-state index is -0.406. The molecule has 0 aromatic carbocycles. The molecule has 58 heavy (non-hydrogen) atoms. The molecule has 0 aliphatic carbocycles. The molecular weight excluding hydrogens is 1050 g/mol. The summed E-state index contributed by atoms with van der Waals surface area (Å²) >= 11 is 0. The van der Waals surface area contributed by atoms with Gasteiger partial charge in [-0.2, -0.15) is 25.7 Å². The molecule has 0 aromatic rings. The monoisotopic (exact) mass is 1120 g/mol. The molecule has 0 spiro atoms. The van der Waals surface area contributed by atoms with E-state index in [2.05, 4.69) is 54.3 Å². The normalized spacial score (nSPS) is 11.2. The van der Waals surface area contributed by atoms with E-state index in [0.717, 1.165) is 96.0 Å². The number of hydrogen-bond acceptors (Lipinski definition) is 8. The predicted molar refractivity (Wildman–Crippen MR) is 216 cm³/mol. The van der Waals surface area contributed by atoms with E-state index in [1.165, 1.54) is 0 Å². The maximum atomic E-state index is 11.8. The van der Waals surface area contributed by atoms with Crippen LogP contribution < -0.4 is 26.6 Å². The van der Waals surface area contributed by atoms with Crippen molar-refractivity contribution in [2.24, 2.45) is 5.92 Å². The SMILES string of the molecule is CCC[CH-]NC(=O)NC(C)CCCCCC(=O)C(CC)N[C-]=O.CCC[CH-]NC(=O)NC(C)CCCCC[C-]=O.[CH2-]CC(=O)C(CC)CC=O.[CH2-]CC=O.[Y].[Y].[Y].[Y]. The molecule has 0 saturated heterocycles. The van der Waals surface area contributed by atoms with Crippen molar-refractivity contribution in [2.75, 3.05) is 0 Å². The van der Waals surface area contributed by atoms with Crippen molar-refractivity contribution >= 4 is 48.9 Å². The van der Waals surface area contributed by atoms with Gasteiger partial charge in [0, 0.05) is 162 Å². The van der Waals surface area contributed by atoms with Crippen LogP contribution in [0.1, 0.15) is 164 Å². The van der Waals surface area contributed by atoms with Crippen LogP contribution in [0.3, 0.4) is 0 Å². The number of hydrogen-bond donors (Lipinski definition) is 5. The molecule has 5 amide bonds. The Hall–Kier alpha value is 0.776. The molecule has 0 bridgehead atoms. The smallest absolute Gasteiger partial charge is 0.285 e. The maximum Gasteiger partial charge on any atom is 0.285 e. The van der Waals surface area contributed by atoms with Gasteiger partial charge in [0.2, 0.25) is 0 Å². The number of carbonyl (C=O) groups excluding carboxylic acids is 8. The van der Waals surface area contributed by atoms with Crippen LogP contribution in [0.5, 0.6) is 0 Å². The molecule has 0 fully saturated rings. The third-order valence-corrected chi connectivity index (χ3v) is 7.79. The minimum Gasteiger partial charge on any atom is -0.542 e. The summed E-state index contributed by atoms with van der Waals surface area (Å²) < 4.78 is 0. The third-order valence-electron chi connectivity index (χ3n) is 7.79. The van der Waals surface area contributed by atoms with E-state index in [9.17, 15) is 33.6 Å². The summed E-state index contributed by atoms with van der Waals surface area (Å²) in [6, 6.07) is -0.424. The third kappa shape index (κ3) is 58.9. The van der Waals surface area contributed by atoms with Gasteiger partial charge in [-0.3, -0.25) is 20.7 Å². The summed E-state index contributed by atoms with van der Waals surface area (Å²) in [6.45, 7) is 22.1. The summed E-state index contributed by atoms with van der Waals surface area (Å²) in [5.41, 5.74) is 0. The van der Waals surface area contributed by atoms with Gasteiger partial charge >= 0.3 is 0 Å². The molecule has 4 radical (unpaired) electrons. The molecule has 0 aliphatic rings. The number of urea groups is 2. The molecule has 328 valence electrons. The molecule has 0 aromatic heterocycles. The molecule has 4 unspecified atom stereocenters. The Balaban J connectivity index is -0.000000105. The fraction of sp³-hybridized carbons (Fsp3) is 0.707. The molecule has 0 saturated carbocycles. The summed E-state index contributed by atoms with van der Waals surface area (Å²) in [5, 5.41) is 13.6. The van der Waals surface area contributed by atoms with Gasteiger partial charge < -0.3 is 64.4 Å². The zero-order valence-electron chi connectivity index (χ0n) is 36.5. The van der Waals surface area contributed by atoms with E-state index in [1.807, 2.05) is 34.0 Å². The molecule has 13 nitrogen and oxygen atoms in total. The van der Waals surface area contributed by atoms with Crippen molar-refractivity contribution < 1.29 is 169 Å². The van der Waals surface area contributed by atoms with E-state index < -0.39 is 6.04 Å². The molecule has 17 heteroatoms. The van der Waals surface area contributed by atoms with Gasteiger partial charge in [-0.1, -0.05) is 72.6 Å². The van der Waals surface area contributed by atoms with E-state index in [-0.39, 0.29) is 172 Å². The van der Waals surface area contributed by atoms with Crippen LogP contribution >= 0.6 is 0 Å². The fourth-order valence-corrected chi connectivity index (χ4v) is 4.55. The van der Waals surface area contributed by atoms with Crippen molar-refractivity contribution in [3.8, 4) is 0 Å². The number of rotatable bonds is 30. The fourth-order valence-electron chi connectivity index (χ4n) is 4.55. The summed E-state index contributed by atoms with van der Waals surface area (Å²) in [4.78, 5) is 85.0. The Kier molecular flexibility index (Phi) is 81.4. The number of Topliss-reactive ketones (excluding diaryl/α,β-unsaturated/α-hetero) is 2. The zero-order valence-corrected chi connectivity index (χ0v) is 47.9. The van der Waals surface area contributed by atoms with Crippen molar-refractivity contribution in [3.63, 3.8) is 0 Å². The molecule has 0 rings (SSSR count). The van der Waals surface area contributed by atoms with Gasteiger partial charge in [0.1, 0.15) is 12.1 Å². The van der Waals surface area contributed by atoms with E-state index in [0.29, 0.717) is 38.5 Å². The Bertz CT molecular complexity index is 971. The number of aldehydes is 2. The van der Waals surface area contributed by atoms with Crippen LogP contribution in [-0.4, -0.2) is 67.0 Å². The summed E-state index contributed by atoms with van der Waals surface area (Å²) in [5.74, 6) is 0.0671. The van der Waals surface area contributed by atoms with Crippen LogP contribution in [0.25, 0.3) is 0 Å². The number of unbranched alkanes of at least 4 members (excludes halogenated alkanes) is 7. The predicted octanol–water partition coefficient (Wildman–Crippen LogP) is 7.08. The number of nitrogens with one attached hydrogen (secondary N) is 5. The van der Waals surface area contributed by atoms with Gasteiger partial charge in [-0.25, -0.2) is 13.1 Å². The number of ketones is 2. The first-order chi connectivity index (χ1) is 25.9. The van der Waals surface area contributed by atoms with Gasteiger partial charge in [-0.05, 0) is 46.0 Å². The van der Waals surface area contributed by atoms with Crippen molar-refractivity contribution in [1.29, 1.82) is 0 Å². The Morgan fingerprint density at radius 3 is 1.48 bits per heavy atom. The Morgan fingerprint density at radius 1 is 0.672 bits per heavy atom. The van der Waals surface area contributed by atoms with Crippen LogP contribution in [0, 0.1) is 32.9 Å². The van der Waals surface area contributed by atoms with Gasteiger partial charge in [0.15, 0.2) is 5.78 Å². The van der Waals surface area contributed by atoms with Crippen molar-refractivity contribution in [3.05, 3.63) is 26.9 Å². The first kappa shape index (κ1) is 76.1. The molecule has 0 aliphatic heterocycles. The maximum absolute atomic E-state index is 11.8.